The topological polar surface area (TPSA) is 55.9 Å². The number of nitrogens with zero attached hydrogens (tertiary/aromatic N) is 2. The highest BCUT2D eigenvalue weighted by Gasteiger charge is 2.10. The number of aromatic nitrogens is 2. The molecule has 0 amide bonds. The van der Waals surface area contributed by atoms with Crippen molar-refractivity contribution in [3.05, 3.63) is 46.7 Å². The molecule has 1 aromatic carbocycles. The van der Waals surface area contributed by atoms with Crippen molar-refractivity contribution in [2.45, 2.75) is 30.8 Å². The molecule has 2 aromatic rings. The van der Waals surface area contributed by atoms with Crippen LogP contribution in [0.1, 0.15) is 12.5 Å². The molecule has 0 saturated heterocycles. The molecule has 2 rings (SSSR count). The summed E-state index contributed by atoms with van der Waals surface area (Å²) in [4.78, 5) is 1.24. The number of aryl methyl sites for hydroxylation is 1. The highest BCUT2D eigenvalue weighted by Crippen LogP contribution is 2.23. The average molecular weight is 355 g/mol. The molecule has 0 saturated carbocycles. The number of nitrogens with one attached hydrogen (secondary N) is 1. The van der Waals surface area contributed by atoms with E-state index in [2.05, 4.69) is 51.7 Å². The van der Waals surface area contributed by atoms with Gasteiger partial charge in [0, 0.05) is 33.9 Å². The molecule has 1 aromatic heterocycles. The van der Waals surface area contributed by atoms with E-state index in [-0.39, 0.29) is 6.04 Å². The van der Waals surface area contributed by atoms with Gasteiger partial charge in [0.15, 0.2) is 0 Å². The second kappa shape index (κ2) is 7.83. The van der Waals surface area contributed by atoms with Crippen molar-refractivity contribution in [2.24, 2.45) is 5.84 Å². The van der Waals surface area contributed by atoms with Crippen LogP contribution in [-0.2, 0) is 13.0 Å². The fraction of sp³-hybridized carbons (Fsp3) is 0.357. The minimum atomic E-state index is 0.230. The normalized spacial score (nSPS) is 12.6. The maximum absolute atomic E-state index is 5.65. The number of thioether (sulfide) groups is 1. The van der Waals surface area contributed by atoms with Gasteiger partial charge in [0.2, 0.25) is 0 Å². The van der Waals surface area contributed by atoms with Crippen molar-refractivity contribution in [3.8, 4) is 0 Å². The van der Waals surface area contributed by atoms with Crippen LogP contribution in [-0.4, -0.2) is 21.6 Å². The van der Waals surface area contributed by atoms with E-state index in [1.165, 1.54) is 10.5 Å². The van der Waals surface area contributed by atoms with Crippen LogP contribution >= 0.6 is 27.7 Å². The quantitative estimate of drug-likeness (QED) is 0.456. The molecule has 0 radical (unpaired) electrons. The van der Waals surface area contributed by atoms with Crippen LogP contribution < -0.4 is 11.3 Å². The van der Waals surface area contributed by atoms with Gasteiger partial charge in [-0.25, -0.2) is 0 Å². The van der Waals surface area contributed by atoms with Crippen molar-refractivity contribution >= 4 is 27.7 Å². The van der Waals surface area contributed by atoms with Gasteiger partial charge in [-0.2, -0.15) is 5.10 Å². The van der Waals surface area contributed by atoms with Gasteiger partial charge >= 0.3 is 0 Å². The SMILES string of the molecule is CCn1cc(CC(CSc2cccc(Br)c2)NN)cn1. The molecule has 3 N–H and O–H groups in total. The molecule has 20 heavy (non-hydrogen) atoms. The fourth-order valence-electron chi connectivity index (χ4n) is 1.89. The lowest BCUT2D eigenvalue weighted by molar-refractivity contribution is 0.574. The first-order chi connectivity index (χ1) is 9.71. The maximum atomic E-state index is 5.65. The molecule has 0 aliphatic rings. The molecule has 6 heteroatoms. The van der Waals surface area contributed by atoms with Crippen LogP contribution in [0.2, 0.25) is 0 Å². The Morgan fingerprint density at radius 1 is 1.50 bits per heavy atom. The number of hydrogen-bond acceptors (Lipinski definition) is 4. The Hall–Kier alpha value is -0.820. The summed E-state index contributed by atoms with van der Waals surface area (Å²) in [6.45, 7) is 2.98. The number of hydrogen-bond donors (Lipinski definition) is 2. The monoisotopic (exact) mass is 354 g/mol. The van der Waals surface area contributed by atoms with E-state index in [1.54, 1.807) is 11.8 Å². The number of benzene rings is 1. The van der Waals surface area contributed by atoms with E-state index in [0.29, 0.717) is 0 Å². The molecule has 1 atom stereocenters. The van der Waals surface area contributed by atoms with Crippen LogP contribution in [0, 0.1) is 0 Å². The van der Waals surface area contributed by atoms with E-state index in [4.69, 9.17) is 5.84 Å². The second-order valence-electron chi connectivity index (χ2n) is 4.54. The van der Waals surface area contributed by atoms with Crippen molar-refractivity contribution in [1.29, 1.82) is 0 Å². The van der Waals surface area contributed by atoms with Crippen molar-refractivity contribution in [2.75, 3.05) is 5.75 Å². The standard InChI is InChI=1S/C14H19BrN4S/c1-2-19-9-11(8-17-19)6-13(18-16)10-20-14-5-3-4-12(15)7-14/h3-5,7-9,13,18H,2,6,10,16H2,1H3. The molecule has 1 unspecified atom stereocenters. The Bertz CT molecular complexity index is 543. The summed E-state index contributed by atoms with van der Waals surface area (Å²) in [5.41, 5.74) is 4.11. The van der Waals surface area contributed by atoms with Gasteiger partial charge in [-0.1, -0.05) is 22.0 Å². The predicted molar refractivity (Wildman–Crippen MR) is 87.6 cm³/mol. The highest BCUT2D eigenvalue weighted by molar-refractivity contribution is 9.10. The number of rotatable bonds is 7. The minimum absolute atomic E-state index is 0.230. The summed E-state index contributed by atoms with van der Waals surface area (Å²) in [7, 11) is 0. The lowest BCUT2D eigenvalue weighted by Gasteiger charge is -2.14. The zero-order valence-corrected chi connectivity index (χ0v) is 13.8. The Morgan fingerprint density at radius 2 is 2.35 bits per heavy atom. The largest absolute Gasteiger partial charge is 0.273 e. The van der Waals surface area contributed by atoms with E-state index < -0.39 is 0 Å². The summed E-state index contributed by atoms with van der Waals surface area (Å²) in [6.07, 6.45) is 4.88. The second-order valence-corrected chi connectivity index (χ2v) is 6.55. The zero-order valence-electron chi connectivity index (χ0n) is 11.4. The summed E-state index contributed by atoms with van der Waals surface area (Å²) in [5.74, 6) is 6.58. The van der Waals surface area contributed by atoms with E-state index in [0.717, 1.165) is 23.2 Å². The third-order valence-corrected chi connectivity index (χ3v) is 4.63. The first kappa shape index (κ1) is 15.6. The first-order valence-corrected chi connectivity index (χ1v) is 8.35. The third-order valence-electron chi connectivity index (χ3n) is 2.98. The van der Waals surface area contributed by atoms with Gasteiger partial charge < -0.3 is 0 Å². The molecule has 4 nitrogen and oxygen atoms in total. The van der Waals surface area contributed by atoms with Crippen LogP contribution in [0.25, 0.3) is 0 Å². The number of halogens is 1. The Labute approximate surface area is 132 Å². The Kier molecular flexibility index (Phi) is 6.09. The van der Waals surface area contributed by atoms with E-state index in [1.807, 2.05) is 23.0 Å². The molecule has 0 aliphatic carbocycles. The lowest BCUT2D eigenvalue weighted by Crippen LogP contribution is -2.38. The highest BCUT2D eigenvalue weighted by atomic mass is 79.9. The van der Waals surface area contributed by atoms with Crippen LogP contribution in [0.5, 0.6) is 0 Å². The van der Waals surface area contributed by atoms with Gasteiger partial charge in [-0.05, 0) is 37.1 Å². The Balaban J connectivity index is 1.89. The molecule has 0 fully saturated rings. The summed E-state index contributed by atoms with van der Waals surface area (Å²) in [6, 6.07) is 8.53. The predicted octanol–water partition coefficient (Wildman–Crippen LogP) is 2.83. The molecule has 0 spiro atoms. The number of nitrogens with two attached hydrogens (primary N) is 1. The van der Waals surface area contributed by atoms with Gasteiger partial charge in [0.1, 0.15) is 0 Å². The van der Waals surface area contributed by atoms with Crippen LogP contribution in [0.15, 0.2) is 46.0 Å². The van der Waals surface area contributed by atoms with Crippen molar-refractivity contribution in [3.63, 3.8) is 0 Å². The fourth-order valence-corrected chi connectivity index (χ4v) is 3.43. The molecule has 1 heterocycles. The van der Waals surface area contributed by atoms with Crippen LogP contribution in [0.4, 0.5) is 0 Å². The lowest BCUT2D eigenvalue weighted by atomic mass is 10.1. The van der Waals surface area contributed by atoms with E-state index >= 15 is 0 Å². The zero-order chi connectivity index (χ0) is 14.4. The minimum Gasteiger partial charge on any atom is -0.273 e. The molecular formula is C14H19BrN4S. The maximum Gasteiger partial charge on any atom is 0.0522 e. The smallest absolute Gasteiger partial charge is 0.0522 e. The molecule has 0 aliphatic heterocycles. The van der Waals surface area contributed by atoms with Gasteiger partial charge in [-0.15, -0.1) is 11.8 Å². The first-order valence-electron chi connectivity index (χ1n) is 6.57. The van der Waals surface area contributed by atoms with Gasteiger partial charge in [0.25, 0.3) is 0 Å². The van der Waals surface area contributed by atoms with Crippen molar-refractivity contribution < 1.29 is 0 Å². The average Bonchev–Trinajstić information content (AvgIpc) is 2.91. The number of hydrazine groups is 1. The van der Waals surface area contributed by atoms with Gasteiger partial charge in [0.05, 0.1) is 6.20 Å². The van der Waals surface area contributed by atoms with Crippen LogP contribution in [0.3, 0.4) is 0 Å². The third kappa shape index (κ3) is 4.63. The molecule has 108 valence electrons. The van der Waals surface area contributed by atoms with Crippen molar-refractivity contribution in [1.82, 2.24) is 15.2 Å². The molecule has 0 bridgehead atoms. The molecular weight excluding hydrogens is 336 g/mol. The summed E-state index contributed by atoms with van der Waals surface area (Å²) < 4.78 is 3.04. The summed E-state index contributed by atoms with van der Waals surface area (Å²) in [5, 5.41) is 4.29. The summed E-state index contributed by atoms with van der Waals surface area (Å²) >= 11 is 5.29. The van der Waals surface area contributed by atoms with E-state index in [9.17, 15) is 0 Å². The van der Waals surface area contributed by atoms with Gasteiger partial charge in [-0.3, -0.25) is 16.0 Å². The Morgan fingerprint density at radius 3 is 3.00 bits per heavy atom.